The van der Waals surface area contributed by atoms with Gasteiger partial charge < -0.3 is 14.4 Å². The number of rotatable bonds is 5. The molecule has 146 valence electrons. The predicted molar refractivity (Wildman–Crippen MR) is 111 cm³/mol. The Morgan fingerprint density at radius 2 is 2.04 bits per heavy atom. The number of aromatic nitrogens is 2. The van der Waals surface area contributed by atoms with Crippen molar-refractivity contribution in [3.05, 3.63) is 52.9 Å². The lowest BCUT2D eigenvalue weighted by Gasteiger charge is -2.33. The Kier molecular flexibility index (Phi) is 5.62. The van der Waals surface area contributed by atoms with Gasteiger partial charge in [0.15, 0.2) is 0 Å². The molecule has 0 atom stereocenters. The molecule has 0 unspecified atom stereocenters. The second-order valence-electron chi connectivity index (χ2n) is 6.87. The number of piperidine rings is 1. The Bertz CT molecular complexity index is 977. The molecule has 28 heavy (non-hydrogen) atoms. The first kappa shape index (κ1) is 18.9. The first-order chi connectivity index (χ1) is 13.6. The van der Waals surface area contributed by atoms with Crippen LogP contribution in [0.1, 0.15) is 12.8 Å². The summed E-state index contributed by atoms with van der Waals surface area (Å²) in [6.45, 7) is 2.24. The molecule has 1 aliphatic heterocycles. The van der Waals surface area contributed by atoms with Crippen LogP contribution in [-0.2, 0) is 0 Å². The molecule has 0 spiro atoms. The summed E-state index contributed by atoms with van der Waals surface area (Å²) >= 11 is 3.31. The molecule has 2 aromatic carbocycles. The number of para-hydroxylation sites is 1. The van der Waals surface area contributed by atoms with Crippen LogP contribution in [0.15, 0.2) is 47.1 Å². The van der Waals surface area contributed by atoms with Gasteiger partial charge in [0, 0.05) is 17.6 Å². The van der Waals surface area contributed by atoms with Crippen LogP contribution in [0.4, 0.5) is 10.1 Å². The van der Waals surface area contributed by atoms with Crippen LogP contribution in [0, 0.1) is 11.7 Å². The number of hydrogen-bond acceptors (Lipinski definition) is 5. The normalized spacial score (nSPS) is 15.0. The summed E-state index contributed by atoms with van der Waals surface area (Å²) in [5.74, 6) is 1.41. The molecule has 5 nitrogen and oxygen atoms in total. The summed E-state index contributed by atoms with van der Waals surface area (Å²) in [5.41, 5.74) is 2.15. The van der Waals surface area contributed by atoms with E-state index in [0.29, 0.717) is 35.4 Å². The zero-order valence-electron chi connectivity index (χ0n) is 15.6. The number of halogens is 2. The van der Waals surface area contributed by atoms with E-state index in [9.17, 15) is 4.39 Å². The topological polar surface area (TPSA) is 47.5 Å². The highest BCUT2D eigenvalue weighted by Crippen LogP contribution is 2.29. The summed E-state index contributed by atoms with van der Waals surface area (Å²) < 4.78 is 26.2. The van der Waals surface area contributed by atoms with E-state index in [1.54, 1.807) is 13.3 Å². The number of ether oxygens (including phenoxy) is 2. The minimum Gasteiger partial charge on any atom is -0.491 e. The third-order valence-corrected chi connectivity index (χ3v) is 5.56. The second kappa shape index (κ2) is 8.31. The zero-order chi connectivity index (χ0) is 19.5. The third-order valence-electron chi connectivity index (χ3n) is 5.06. The number of methoxy groups -OCH3 is 1. The quantitative estimate of drug-likeness (QED) is 0.562. The highest BCUT2D eigenvalue weighted by molar-refractivity contribution is 9.10. The maximum absolute atomic E-state index is 14.2. The lowest BCUT2D eigenvalue weighted by molar-refractivity contribution is 0.224. The monoisotopic (exact) mass is 445 g/mol. The van der Waals surface area contributed by atoms with Crippen LogP contribution in [0.25, 0.3) is 11.0 Å². The van der Waals surface area contributed by atoms with Crippen molar-refractivity contribution in [3.8, 4) is 11.6 Å². The first-order valence-electron chi connectivity index (χ1n) is 9.26. The molecule has 1 saturated heterocycles. The van der Waals surface area contributed by atoms with Gasteiger partial charge in [-0.05, 0) is 49.1 Å². The Balaban J connectivity index is 1.39. The molecule has 1 fully saturated rings. The van der Waals surface area contributed by atoms with Gasteiger partial charge in [-0.3, -0.25) is 0 Å². The Hall–Kier alpha value is -2.41. The van der Waals surface area contributed by atoms with Crippen molar-refractivity contribution in [2.75, 3.05) is 31.7 Å². The summed E-state index contributed by atoms with van der Waals surface area (Å²) in [4.78, 5) is 10.9. The van der Waals surface area contributed by atoms with Gasteiger partial charge in [-0.25, -0.2) is 14.4 Å². The van der Waals surface area contributed by atoms with E-state index in [1.807, 2.05) is 30.3 Å². The lowest BCUT2D eigenvalue weighted by atomic mass is 9.97. The number of benzene rings is 2. The molecule has 4 rings (SSSR count). The Morgan fingerprint density at radius 1 is 1.21 bits per heavy atom. The molecular weight excluding hydrogens is 425 g/mol. The largest absolute Gasteiger partial charge is 0.491 e. The highest BCUT2D eigenvalue weighted by atomic mass is 79.9. The molecule has 0 amide bonds. The van der Waals surface area contributed by atoms with E-state index < -0.39 is 0 Å². The summed E-state index contributed by atoms with van der Waals surface area (Å²) in [6, 6.07) is 10.9. The average molecular weight is 446 g/mol. The fourth-order valence-corrected chi connectivity index (χ4v) is 3.82. The summed E-state index contributed by atoms with van der Waals surface area (Å²) in [6.07, 6.45) is 3.51. The molecule has 1 aromatic heterocycles. The van der Waals surface area contributed by atoms with Crippen LogP contribution in [0.3, 0.4) is 0 Å². The molecule has 0 saturated carbocycles. The molecule has 0 aliphatic carbocycles. The molecule has 0 bridgehead atoms. The number of nitrogens with zero attached hydrogens (tertiary/aromatic N) is 3. The molecule has 3 aromatic rings. The molecule has 1 aliphatic rings. The van der Waals surface area contributed by atoms with Crippen LogP contribution in [-0.4, -0.2) is 36.8 Å². The fourth-order valence-electron chi connectivity index (χ4n) is 3.49. The van der Waals surface area contributed by atoms with E-state index >= 15 is 0 Å². The van der Waals surface area contributed by atoms with E-state index in [2.05, 4.69) is 30.8 Å². The second-order valence-corrected chi connectivity index (χ2v) is 7.79. The van der Waals surface area contributed by atoms with Gasteiger partial charge in [0.2, 0.25) is 5.88 Å². The molecule has 2 heterocycles. The highest BCUT2D eigenvalue weighted by Gasteiger charge is 2.22. The maximum atomic E-state index is 14.2. The first-order valence-corrected chi connectivity index (χ1v) is 10.1. The minimum atomic E-state index is -0.188. The zero-order valence-corrected chi connectivity index (χ0v) is 17.2. The molecular formula is C21H21BrFN3O2. The van der Waals surface area contributed by atoms with Crippen molar-refractivity contribution in [2.45, 2.75) is 12.8 Å². The standard InChI is InChI=1S/C21H21BrFN3O2/c1-27-20-12-24-17-3-2-4-19(21(17)25-20)28-13-14-7-9-26(10-8-14)18-6-5-15(22)11-16(18)23/h2-6,11-12,14H,7-10,13H2,1H3. The van der Waals surface area contributed by atoms with E-state index in [1.165, 1.54) is 6.07 Å². The molecule has 0 radical (unpaired) electrons. The van der Waals surface area contributed by atoms with Crippen LogP contribution >= 0.6 is 15.9 Å². The van der Waals surface area contributed by atoms with Crippen molar-refractivity contribution in [2.24, 2.45) is 5.92 Å². The van der Waals surface area contributed by atoms with Crippen molar-refractivity contribution >= 4 is 32.7 Å². The van der Waals surface area contributed by atoms with Crippen LogP contribution in [0.2, 0.25) is 0 Å². The van der Waals surface area contributed by atoms with Gasteiger partial charge in [-0.2, -0.15) is 0 Å². The predicted octanol–water partition coefficient (Wildman–Crippen LogP) is 4.84. The lowest BCUT2D eigenvalue weighted by Crippen LogP contribution is -2.36. The Labute approximate surface area is 171 Å². The molecule has 0 N–H and O–H groups in total. The SMILES string of the molecule is COc1cnc2cccc(OCC3CCN(c4ccc(Br)cc4F)CC3)c2n1. The summed E-state index contributed by atoms with van der Waals surface area (Å²) in [5, 5.41) is 0. The van der Waals surface area contributed by atoms with Gasteiger partial charge in [0.05, 0.1) is 31.1 Å². The van der Waals surface area contributed by atoms with Gasteiger partial charge >= 0.3 is 0 Å². The third kappa shape index (κ3) is 4.04. The maximum Gasteiger partial charge on any atom is 0.232 e. The number of hydrogen-bond donors (Lipinski definition) is 0. The minimum absolute atomic E-state index is 0.188. The van der Waals surface area contributed by atoms with Gasteiger partial charge in [-0.1, -0.05) is 22.0 Å². The van der Waals surface area contributed by atoms with Crippen LogP contribution in [0.5, 0.6) is 11.6 Å². The smallest absolute Gasteiger partial charge is 0.232 e. The van der Waals surface area contributed by atoms with E-state index in [4.69, 9.17) is 9.47 Å². The van der Waals surface area contributed by atoms with Crippen molar-refractivity contribution in [3.63, 3.8) is 0 Å². The van der Waals surface area contributed by atoms with Crippen molar-refractivity contribution in [1.82, 2.24) is 9.97 Å². The van der Waals surface area contributed by atoms with E-state index in [0.717, 1.165) is 35.9 Å². The van der Waals surface area contributed by atoms with Crippen molar-refractivity contribution < 1.29 is 13.9 Å². The summed E-state index contributed by atoms with van der Waals surface area (Å²) in [7, 11) is 1.57. The number of fused-ring (bicyclic) bond motifs is 1. The van der Waals surface area contributed by atoms with Gasteiger partial charge in [-0.15, -0.1) is 0 Å². The Morgan fingerprint density at radius 3 is 2.79 bits per heavy atom. The van der Waals surface area contributed by atoms with E-state index in [-0.39, 0.29) is 5.82 Å². The fraction of sp³-hybridized carbons (Fsp3) is 0.333. The van der Waals surface area contributed by atoms with Crippen molar-refractivity contribution in [1.29, 1.82) is 0 Å². The number of anilines is 1. The molecule has 7 heteroatoms. The van der Waals surface area contributed by atoms with Gasteiger partial charge in [0.25, 0.3) is 0 Å². The van der Waals surface area contributed by atoms with Gasteiger partial charge in [0.1, 0.15) is 17.1 Å². The average Bonchev–Trinajstić information content (AvgIpc) is 2.72. The van der Waals surface area contributed by atoms with Crippen LogP contribution < -0.4 is 14.4 Å².